The molecule has 0 fully saturated rings. The molecule has 8 nitrogen and oxygen atoms in total. The van der Waals surface area contributed by atoms with Gasteiger partial charge in [0.1, 0.15) is 0 Å². The molecule has 144 valence electrons. The summed E-state index contributed by atoms with van der Waals surface area (Å²) in [7, 11) is 4.57. The predicted molar refractivity (Wildman–Crippen MR) is 102 cm³/mol. The fourth-order valence-corrected chi connectivity index (χ4v) is 3.00. The summed E-state index contributed by atoms with van der Waals surface area (Å²) in [5.41, 5.74) is 3.78. The fourth-order valence-electron chi connectivity index (χ4n) is 3.00. The molecule has 0 spiro atoms. The minimum atomic E-state index is -1.45. The minimum absolute atomic E-state index is 0.0202. The van der Waals surface area contributed by atoms with Gasteiger partial charge in [-0.1, -0.05) is 18.2 Å². The Morgan fingerprint density at radius 2 is 1.89 bits per heavy atom. The summed E-state index contributed by atoms with van der Waals surface area (Å²) in [4.78, 5) is 24.0. The number of aryl methyl sites for hydroxylation is 1. The highest BCUT2D eigenvalue weighted by Crippen LogP contribution is 2.32. The molecule has 0 atom stereocenters. The first-order valence-electron chi connectivity index (χ1n) is 8.31. The molecule has 0 aliphatic carbocycles. The molecule has 0 bridgehead atoms. The number of rotatable bonds is 6. The van der Waals surface area contributed by atoms with Crippen LogP contribution in [0.3, 0.4) is 0 Å². The third-order valence-corrected chi connectivity index (χ3v) is 4.29. The molecule has 2 aromatic carbocycles. The Hall–Kier alpha value is -3.81. The summed E-state index contributed by atoms with van der Waals surface area (Å²) in [6.07, 6.45) is 2.93. The van der Waals surface area contributed by atoms with E-state index in [0.717, 1.165) is 10.9 Å². The summed E-state index contributed by atoms with van der Waals surface area (Å²) in [6, 6.07) is 10.5. The maximum atomic E-state index is 12.5. The van der Waals surface area contributed by atoms with Gasteiger partial charge in [-0.2, -0.15) is 5.10 Å². The number of hydrogen-bond acceptors (Lipinski definition) is 6. The van der Waals surface area contributed by atoms with E-state index in [1.54, 1.807) is 12.3 Å². The van der Waals surface area contributed by atoms with Gasteiger partial charge in [0.15, 0.2) is 11.5 Å². The first-order chi connectivity index (χ1) is 13.5. The van der Waals surface area contributed by atoms with Gasteiger partial charge in [0, 0.05) is 29.7 Å². The lowest BCUT2D eigenvalue weighted by atomic mass is 10.1. The van der Waals surface area contributed by atoms with Crippen LogP contribution in [0.25, 0.3) is 10.9 Å². The van der Waals surface area contributed by atoms with Gasteiger partial charge in [-0.05, 0) is 18.2 Å². The number of amides is 1. The standard InChI is InChI=1S/C20H19N3O5/c1-23-11-14(13-6-4-5-7-15(13)23)19(24)22-21-10-12-8-9-16(27-2)18(28-3)17(12)20(25)26/h4-11H,1-3H3,(H,22,24)(H,25,26)/p-1/b21-10-. The molecule has 0 saturated heterocycles. The van der Waals surface area contributed by atoms with Crippen molar-refractivity contribution in [3.05, 3.63) is 59.3 Å². The van der Waals surface area contributed by atoms with E-state index in [2.05, 4.69) is 10.5 Å². The number of fused-ring (bicyclic) bond motifs is 1. The number of para-hydroxylation sites is 1. The highest BCUT2D eigenvalue weighted by atomic mass is 16.5. The minimum Gasteiger partial charge on any atom is -0.545 e. The molecule has 1 heterocycles. The Morgan fingerprint density at radius 3 is 2.57 bits per heavy atom. The van der Waals surface area contributed by atoms with Crippen molar-refractivity contribution in [2.75, 3.05) is 14.2 Å². The number of benzene rings is 2. The van der Waals surface area contributed by atoms with Crippen LogP contribution < -0.4 is 20.0 Å². The van der Waals surface area contributed by atoms with Crippen molar-refractivity contribution in [2.45, 2.75) is 0 Å². The predicted octanol–water partition coefficient (Wildman–Crippen LogP) is 1.32. The number of hydrazone groups is 1. The molecule has 0 aliphatic heterocycles. The van der Waals surface area contributed by atoms with Crippen molar-refractivity contribution in [1.82, 2.24) is 9.99 Å². The first-order valence-corrected chi connectivity index (χ1v) is 8.31. The lowest BCUT2D eigenvalue weighted by Crippen LogP contribution is -2.25. The van der Waals surface area contributed by atoms with Gasteiger partial charge in [0.25, 0.3) is 5.91 Å². The van der Waals surface area contributed by atoms with Crippen LogP contribution in [0.15, 0.2) is 47.7 Å². The van der Waals surface area contributed by atoms with Crippen LogP contribution in [0.1, 0.15) is 26.3 Å². The van der Waals surface area contributed by atoms with Gasteiger partial charge >= 0.3 is 0 Å². The van der Waals surface area contributed by atoms with Crippen molar-refractivity contribution in [3.8, 4) is 11.5 Å². The summed E-state index contributed by atoms with van der Waals surface area (Å²) in [5, 5.41) is 16.2. The average Bonchev–Trinajstić information content (AvgIpc) is 3.04. The van der Waals surface area contributed by atoms with Gasteiger partial charge < -0.3 is 23.9 Å². The number of carbonyl (C=O) groups is 2. The second-order valence-electron chi connectivity index (χ2n) is 5.92. The summed E-state index contributed by atoms with van der Waals surface area (Å²) >= 11 is 0. The Morgan fingerprint density at radius 1 is 1.14 bits per heavy atom. The third kappa shape index (κ3) is 3.39. The van der Waals surface area contributed by atoms with E-state index < -0.39 is 11.9 Å². The van der Waals surface area contributed by atoms with Gasteiger partial charge in [0.2, 0.25) is 0 Å². The van der Waals surface area contributed by atoms with E-state index in [1.165, 1.54) is 26.5 Å². The Bertz CT molecular complexity index is 1080. The summed E-state index contributed by atoms with van der Waals surface area (Å²) < 4.78 is 12.1. The van der Waals surface area contributed by atoms with E-state index in [-0.39, 0.29) is 22.6 Å². The Kier molecular flexibility index (Phi) is 5.30. The highest BCUT2D eigenvalue weighted by Gasteiger charge is 2.16. The number of carboxylic acids is 1. The number of aromatic carboxylic acids is 1. The molecule has 28 heavy (non-hydrogen) atoms. The Balaban J connectivity index is 1.88. The summed E-state index contributed by atoms with van der Waals surface area (Å²) in [6.45, 7) is 0. The van der Waals surface area contributed by atoms with E-state index in [0.29, 0.717) is 5.56 Å². The molecule has 1 aromatic heterocycles. The maximum Gasteiger partial charge on any atom is 0.273 e. The van der Waals surface area contributed by atoms with Gasteiger partial charge in [-0.25, -0.2) is 5.43 Å². The SMILES string of the molecule is COc1ccc(/C=N\NC(=O)c2cn(C)c3ccccc23)c(C(=O)[O-])c1OC. The molecule has 3 aromatic rings. The fraction of sp³-hybridized carbons (Fsp3) is 0.150. The summed E-state index contributed by atoms with van der Waals surface area (Å²) in [5.74, 6) is -1.59. The van der Waals surface area contributed by atoms with Crippen LogP contribution in [0.4, 0.5) is 0 Å². The number of methoxy groups -OCH3 is 2. The monoisotopic (exact) mass is 380 g/mol. The molecule has 3 rings (SSSR count). The Labute approximate surface area is 161 Å². The number of nitrogens with zero attached hydrogens (tertiary/aromatic N) is 2. The van der Waals surface area contributed by atoms with E-state index >= 15 is 0 Å². The zero-order valence-electron chi connectivity index (χ0n) is 15.6. The van der Waals surface area contributed by atoms with Crippen LogP contribution in [-0.4, -0.2) is 36.9 Å². The molecule has 0 unspecified atom stereocenters. The van der Waals surface area contributed by atoms with E-state index in [9.17, 15) is 14.7 Å². The topological polar surface area (TPSA) is 105 Å². The molecule has 1 amide bonds. The van der Waals surface area contributed by atoms with Crippen molar-refractivity contribution < 1.29 is 24.2 Å². The number of hydrogen-bond donors (Lipinski definition) is 1. The smallest absolute Gasteiger partial charge is 0.273 e. The van der Waals surface area contributed by atoms with E-state index in [4.69, 9.17) is 9.47 Å². The number of carboxylic acid groups (broad SMARTS) is 1. The molecule has 1 N–H and O–H groups in total. The van der Waals surface area contributed by atoms with Crippen molar-refractivity contribution in [2.24, 2.45) is 12.1 Å². The quantitative estimate of drug-likeness (QED) is 0.513. The van der Waals surface area contributed by atoms with Crippen molar-refractivity contribution in [3.63, 3.8) is 0 Å². The largest absolute Gasteiger partial charge is 0.545 e. The number of aromatic nitrogens is 1. The van der Waals surface area contributed by atoms with Gasteiger partial charge in [-0.15, -0.1) is 0 Å². The van der Waals surface area contributed by atoms with Crippen LogP contribution in [-0.2, 0) is 7.05 Å². The second kappa shape index (κ2) is 7.83. The molecule has 0 aliphatic rings. The highest BCUT2D eigenvalue weighted by molar-refractivity contribution is 6.07. The molecule has 0 radical (unpaired) electrons. The number of nitrogens with one attached hydrogen (secondary N) is 1. The average molecular weight is 380 g/mol. The zero-order chi connectivity index (χ0) is 20.3. The normalized spacial score (nSPS) is 11.0. The van der Waals surface area contributed by atoms with Gasteiger partial charge in [0.05, 0.1) is 37.5 Å². The maximum absolute atomic E-state index is 12.5. The number of carbonyl (C=O) groups excluding carboxylic acids is 2. The van der Waals surface area contributed by atoms with Crippen molar-refractivity contribution in [1.29, 1.82) is 0 Å². The van der Waals surface area contributed by atoms with Gasteiger partial charge in [-0.3, -0.25) is 4.79 Å². The van der Waals surface area contributed by atoms with E-state index in [1.807, 2.05) is 35.9 Å². The lowest BCUT2D eigenvalue weighted by molar-refractivity contribution is -0.255. The van der Waals surface area contributed by atoms with Crippen LogP contribution in [0, 0.1) is 0 Å². The second-order valence-corrected chi connectivity index (χ2v) is 5.92. The lowest BCUT2D eigenvalue weighted by Gasteiger charge is -2.15. The zero-order valence-corrected chi connectivity index (χ0v) is 15.6. The van der Waals surface area contributed by atoms with Crippen LogP contribution in [0.5, 0.6) is 11.5 Å². The molecule has 0 saturated carbocycles. The molecular weight excluding hydrogens is 362 g/mol. The van der Waals surface area contributed by atoms with Crippen molar-refractivity contribution >= 4 is 29.0 Å². The molecular formula is C20H18N3O5-. The molecule has 8 heteroatoms. The first kappa shape index (κ1) is 19.0. The van der Waals surface area contributed by atoms with Crippen LogP contribution in [0.2, 0.25) is 0 Å². The van der Waals surface area contributed by atoms with Crippen LogP contribution >= 0.6 is 0 Å². The number of ether oxygens (including phenoxy) is 2. The third-order valence-electron chi connectivity index (χ3n) is 4.29.